The monoisotopic (exact) mass is 529 g/mol. The Morgan fingerprint density at radius 2 is 1.75 bits per heavy atom. The molecule has 0 aromatic heterocycles. The molecule has 0 fully saturated rings. The molecule has 0 bridgehead atoms. The number of carbonyl (C=O) groups excluding carboxylic acids is 1. The average molecular weight is 530 g/mol. The van der Waals surface area contributed by atoms with Crippen LogP contribution < -0.4 is 19.5 Å². The normalized spacial score (nSPS) is 14.8. The number of amides is 1. The van der Waals surface area contributed by atoms with E-state index in [2.05, 4.69) is 5.32 Å². The third kappa shape index (κ3) is 4.63. The summed E-state index contributed by atoms with van der Waals surface area (Å²) >= 11 is 6.42. The number of halogens is 1. The Hall–Kier alpha value is -3.23. The molecule has 0 unspecified atom stereocenters. The Bertz CT molecular complexity index is 1450. The molecule has 4 rings (SSSR count). The van der Waals surface area contributed by atoms with Gasteiger partial charge in [-0.05, 0) is 66.3 Å². The Morgan fingerprint density at radius 3 is 2.39 bits per heavy atom. The molecule has 0 heterocycles. The summed E-state index contributed by atoms with van der Waals surface area (Å²) in [5.74, 6) is 1.11. The van der Waals surface area contributed by atoms with Crippen molar-refractivity contribution in [3.63, 3.8) is 0 Å². The van der Waals surface area contributed by atoms with Gasteiger partial charge in [-0.1, -0.05) is 29.8 Å². The fourth-order valence-corrected chi connectivity index (χ4v) is 5.52. The van der Waals surface area contributed by atoms with E-state index in [-0.39, 0.29) is 10.8 Å². The van der Waals surface area contributed by atoms with Gasteiger partial charge in [-0.15, -0.1) is 0 Å². The number of hydrogen-bond acceptors (Lipinski definition) is 6. The van der Waals surface area contributed by atoms with Crippen LogP contribution in [0.1, 0.15) is 39.5 Å². The molecule has 1 aliphatic rings. The van der Waals surface area contributed by atoms with E-state index in [9.17, 15) is 13.2 Å². The molecule has 3 aromatic rings. The first-order chi connectivity index (χ1) is 17.1. The predicted molar refractivity (Wildman–Crippen MR) is 139 cm³/mol. The largest absolute Gasteiger partial charge is 0.493 e. The van der Waals surface area contributed by atoms with Crippen molar-refractivity contribution in [2.24, 2.45) is 0 Å². The summed E-state index contributed by atoms with van der Waals surface area (Å²) in [7, 11) is 1.15. The van der Waals surface area contributed by atoms with Crippen molar-refractivity contribution in [3.05, 3.63) is 69.7 Å². The zero-order chi connectivity index (χ0) is 26.2. The fraction of sp³-hybridized carbons (Fsp3) is 0.296. The van der Waals surface area contributed by atoms with Crippen LogP contribution in [0.15, 0.2) is 47.4 Å². The lowest BCUT2D eigenvalue weighted by molar-refractivity contribution is 0.0935. The highest BCUT2D eigenvalue weighted by Crippen LogP contribution is 2.50. The maximum atomic E-state index is 13.3. The SMILES string of the molecule is COc1cc2c(c(OC)c1OC)-c1ccc(S(C)(=O)=O)cc1[C@@H](NC(=O)c1cccc(C)c1Cl)CC2. The summed E-state index contributed by atoms with van der Waals surface area (Å²) in [6.07, 6.45) is 2.25. The van der Waals surface area contributed by atoms with E-state index >= 15 is 0 Å². The van der Waals surface area contributed by atoms with Gasteiger partial charge in [0.2, 0.25) is 5.75 Å². The second-order valence-corrected chi connectivity index (χ2v) is 11.1. The van der Waals surface area contributed by atoms with Crippen LogP contribution in [0, 0.1) is 6.92 Å². The highest BCUT2D eigenvalue weighted by atomic mass is 35.5. The van der Waals surface area contributed by atoms with Gasteiger partial charge in [0, 0.05) is 11.8 Å². The second-order valence-electron chi connectivity index (χ2n) is 8.70. The smallest absolute Gasteiger partial charge is 0.253 e. The molecule has 0 spiro atoms. The topological polar surface area (TPSA) is 90.9 Å². The molecule has 1 aliphatic carbocycles. The third-order valence-electron chi connectivity index (χ3n) is 6.45. The summed E-state index contributed by atoms with van der Waals surface area (Å²) in [5, 5.41) is 3.47. The van der Waals surface area contributed by atoms with Gasteiger partial charge in [-0.3, -0.25) is 4.79 Å². The molecule has 0 saturated heterocycles. The molecule has 36 heavy (non-hydrogen) atoms. The van der Waals surface area contributed by atoms with E-state index in [1.165, 1.54) is 7.11 Å². The maximum Gasteiger partial charge on any atom is 0.253 e. The molecule has 1 atom stereocenters. The minimum absolute atomic E-state index is 0.164. The van der Waals surface area contributed by atoms with Crippen molar-refractivity contribution in [3.8, 4) is 28.4 Å². The number of rotatable bonds is 6. The molecule has 0 saturated carbocycles. The average Bonchev–Trinajstić information content (AvgIpc) is 3.00. The summed E-state index contributed by atoms with van der Waals surface area (Å²) in [6, 6.07) is 11.6. The van der Waals surface area contributed by atoms with Gasteiger partial charge >= 0.3 is 0 Å². The van der Waals surface area contributed by atoms with Crippen LogP contribution >= 0.6 is 11.6 Å². The van der Waals surface area contributed by atoms with Gasteiger partial charge in [0.05, 0.1) is 42.9 Å². The van der Waals surface area contributed by atoms with Crippen molar-refractivity contribution < 1.29 is 27.4 Å². The van der Waals surface area contributed by atoms with Crippen LogP contribution in [-0.4, -0.2) is 41.9 Å². The Labute approximate surface area is 216 Å². The number of fused-ring (bicyclic) bond motifs is 3. The van der Waals surface area contributed by atoms with Gasteiger partial charge in [0.15, 0.2) is 21.3 Å². The third-order valence-corrected chi connectivity index (χ3v) is 8.06. The highest BCUT2D eigenvalue weighted by Gasteiger charge is 2.31. The van der Waals surface area contributed by atoms with Crippen LogP contribution in [0.25, 0.3) is 11.1 Å². The van der Waals surface area contributed by atoms with Crippen LogP contribution in [-0.2, 0) is 16.3 Å². The van der Waals surface area contributed by atoms with E-state index in [4.69, 9.17) is 25.8 Å². The van der Waals surface area contributed by atoms with Crippen molar-refractivity contribution in [2.75, 3.05) is 27.6 Å². The summed E-state index contributed by atoms with van der Waals surface area (Å²) in [4.78, 5) is 13.5. The first kappa shape index (κ1) is 25.9. The van der Waals surface area contributed by atoms with Gasteiger partial charge in [0.1, 0.15) is 0 Å². The Balaban J connectivity index is 1.92. The lowest BCUT2D eigenvalue weighted by atomic mass is 9.93. The molecular formula is C27H28ClNO6S. The number of methoxy groups -OCH3 is 3. The number of carbonyl (C=O) groups is 1. The van der Waals surface area contributed by atoms with Gasteiger partial charge in [-0.25, -0.2) is 8.42 Å². The minimum Gasteiger partial charge on any atom is -0.493 e. The lowest BCUT2D eigenvalue weighted by Gasteiger charge is -2.22. The van der Waals surface area contributed by atoms with E-state index in [1.54, 1.807) is 44.6 Å². The standard InChI is InChI=1S/C27H28ClNO6S/c1-15-7-6-8-19(24(15)28)27(30)29-21-12-9-16-13-22(33-2)25(34-3)26(35-4)23(16)18-11-10-17(14-20(18)21)36(5,31)32/h6-8,10-11,13-14,21H,9,12H2,1-5H3,(H,29,30)/t21-/m0/s1. The molecule has 0 aliphatic heterocycles. The van der Waals surface area contributed by atoms with Crippen molar-refractivity contribution in [1.29, 1.82) is 0 Å². The van der Waals surface area contributed by atoms with Crippen molar-refractivity contribution in [1.82, 2.24) is 5.32 Å². The molecule has 1 N–H and O–H groups in total. The van der Waals surface area contributed by atoms with E-state index in [0.717, 1.165) is 28.5 Å². The quantitative estimate of drug-likeness (QED) is 0.474. The van der Waals surface area contributed by atoms with Crippen LogP contribution in [0.3, 0.4) is 0 Å². The number of ether oxygens (including phenoxy) is 3. The van der Waals surface area contributed by atoms with Crippen molar-refractivity contribution in [2.45, 2.75) is 30.7 Å². The van der Waals surface area contributed by atoms with E-state index in [1.807, 2.05) is 19.1 Å². The summed E-state index contributed by atoms with van der Waals surface area (Å²) in [5.41, 5.74) is 4.27. The van der Waals surface area contributed by atoms with Crippen LogP contribution in [0.2, 0.25) is 5.02 Å². The van der Waals surface area contributed by atoms with Crippen LogP contribution in [0.5, 0.6) is 17.2 Å². The van der Waals surface area contributed by atoms with E-state index < -0.39 is 15.9 Å². The molecule has 7 nitrogen and oxygen atoms in total. The summed E-state index contributed by atoms with van der Waals surface area (Å²) in [6.45, 7) is 1.84. The lowest BCUT2D eigenvalue weighted by Crippen LogP contribution is -2.29. The maximum absolute atomic E-state index is 13.3. The molecule has 190 valence electrons. The first-order valence-corrected chi connectivity index (χ1v) is 13.6. The zero-order valence-electron chi connectivity index (χ0n) is 20.8. The van der Waals surface area contributed by atoms with Gasteiger partial charge < -0.3 is 19.5 Å². The molecule has 1 amide bonds. The molecular weight excluding hydrogens is 502 g/mol. The second kappa shape index (κ2) is 10.0. The number of aryl methyl sites for hydroxylation is 2. The van der Waals surface area contributed by atoms with Crippen LogP contribution in [0.4, 0.5) is 0 Å². The number of sulfone groups is 1. The van der Waals surface area contributed by atoms with Gasteiger partial charge in [-0.2, -0.15) is 0 Å². The molecule has 3 aromatic carbocycles. The Morgan fingerprint density at radius 1 is 1.03 bits per heavy atom. The van der Waals surface area contributed by atoms with Gasteiger partial charge in [0.25, 0.3) is 5.91 Å². The molecule has 0 radical (unpaired) electrons. The number of benzene rings is 3. The minimum atomic E-state index is -3.49. The van der Waals surface area contributed by atoms with Crippen molar-refractivity contribution >= 4 is 27.3 Å². The first-order valence-electron chi connectivity index (χ1n) is 11.3. The number of hydrogen-bond donors (Lipinski definition) is 1. The number of nitrogens with one attached hydrogen (secondary N) is 1. The zero-order valence-corrected chi connectivity index (χ0v) is 22.3. The van der Waals surface area contributed by atoms with E-state index in [0.29, 0.717) is 46.2 Å². The molecule has 9 heteroatoms. The summed E-state index contributed by atoms with van der Waals surface area (Å²) < 4.78 is 41.8. The highest BCUT2D eigenvalue weighted by molar-refractivity contribution is 7.90. The fourth-order valence-electron chi connectivity index (χ4n) is 4.65. The predicted octanol–water partition coefficient (Wildman–Crippen LogP) is 5.16. The Kier molecular flexibility index (Phi) is 7.20.